The zero-order valence-corrected chi connectivity index (χ0v) is 9.50. The van der Waals surface area contributed by atoms with Crippen LogP contribution in [-0.2, 0) is 0 Å². The lowest BCUT2D eigenvalue weighted by Gasteiger charge is -2.35. The number of pyridine rings is 1. The van der Waals surface area contributed by atoms with Gasteiger partial charge in [0.1, 0.15) is 6.04 Å². The molecule has 1 aliphatic heterocycles. The molecule has 0 aliphatic carbocycles. The average Bonchev–Trinajstić information content (AvgIpc) is 2.34. The first-order valence-electron chi connectivity index (χ1n) is 5.53. The minimum atomic E-state index is -0.128. The minimum Gasteiger partial charge on any atom is -0.304 e. The first-order valence-corrected chi connectivity index (χ1v) is 5.53. The second-order valence-electron chi connectivity index (χ2n) is 4.15. The van der Waals surface area contributed by atoms with Gasteiger partial charge in [0.05, 0.1) is 6.07 Å². The summed E-state index contributed by atoms with van der Waals surface area (Å²) in [4.78, 5) is 8.50. The van der Waals surface area contributed by atoms with Crippen molar-refractivity contribution >= 4 is 0 Å². The Labute approximate surface area is 96.1 Å². The molecule has 4 heteroatoms. The molecule has 16 heavy (non-hydrogen) atoms. The van der Waals surface area contributed by atoms with Crippen molar-refractivity contribution < 1.29 is 0 Å². The highest BCUT2D eigenvalue weighted by atomic mass is 15.3. The van der Waals surface area contributed by atoms with E-state index in [0.29, 0.717) is 0 Å². The van der Waals surface area contributed by atoms with Crippen LogP contribution in [-0.4, -0.2) is 48.0 Å². The number of hydrogen-bond donors (Lipinski definition) is 0. The predicted octanol–water partition coefficient (Wildman–Crippen LogP) is 0.894. The average molecular weight is 216 g/mol. The fraction of sp³-hybridized carbons (Fsp3) is 0.500. The summed E-state index contributed by atoms with van der Waals surface area (Å²) in [6.45, 7) is 3.97. The number of nitrogens with zero attached hydrogens (tertiary/aromatic N) is 4. The smallest absolute Gasteiger partial charge is 0.124 e. The summed E-state index contributed by atoms with van der Waals surface area (Å²) in [7, 11) is 2.12. The maximum absolute atomic E-state index is 9.27. The Morgan fingerprint density at radius 1 is 1.25 bits per heavy atom. The summed E-state index contributed by atoms with van der Waals surface area (Å²) in [5, 5.41) is 9.27. The highest BCUT2D eigenvalue weighted by Gasteiger charge is 2.23. The molecular weight excluding hydrogens is 200 g/mol. The minimum absolute atomic E-state index is 0.128. The van der Waals surface area contributed by atoms with Gasteiger partial charge < -0.3 is 4.90 Å². The highest BCUT2D eigenvalue weighted by Crippen LogP contribution is 2.20. The molecule has 0 bridgehead atoms. The van der Waals surface area contributed by atoms with Crippen LogP contribution in [0.2, 0.25) is 0 Å². The van der Waals surface area contributed by atoms with E-state index < -0.39 is 0 Å². The first-order chi connectivity index (χ1) is 7.81. The lowest BCUT2D eigenvalue weighted by molar-refractivity contribution is 0.133. The van der Waals surface area contributed by atoms with Crippen LogP contribution in [0.4, 0.5) is 0 Å². The summed E-state index contributed by atoms with van der Waals surface area (Å²) >= 11 is 0. The zero-order valence-electron chi connectivity index (χ0n) is 9.50. The Balaban J connectivity index is 2.09. The Morgan fingerprint density at radius 3 is 2.44 bits per heavy atom. The SMILES string of the molecule is CN1CCN(C(C#N)c2ccncc2)CC1. The van der Waals surface area contributed by atoms with E-state index in [2.05, 4.69) is 27.9 Å². The molecule has 0 N–H and O–H groups in total. The van der Waals surface area contributed by atoms with Crippen molar-refractivity contribution in [3.05, 3.63) is 30.1 Å². The van der Waals surface area contributed by atoms with Crippen molar-refractivity contribution in [1.82, 2.24) is 14.8 Å². The van der Waals surface area contributed by atoms with E-state index in [9.17, 15) is 5.26 Å². The van der Waals surface area contributed by atoms with Gasteiger partial charge in [-0.05, 0) is 24.7 Å². The van der Waals surface area contributed by atoms with Gasteiger partial charge >= 0.3 is 0 Å². The molecule has 0 aromatic carbocycles. The normalized spacial score (nSPS) is 20.2. The predicted molar refractivity (Wildman–Crippen MR) is 61.7 cm³/mol. The zero-order chi connectivity index (χ0) is 11.4. The van der Waals surface area contributed by atoms with Crippen LogP contribution >= 0.6 is 0 Å². The summed E-state index contributed by atoms with van der Waals surface area (Å²) in [5.41, 5.74) is 1.04. The molecule has 1 aromatic heterocycles. The van der Waals surface area contributed by atoms with Crippen molar-refractivity contribution in [2.24, 2.45) is 0 Å². The quantitative estimate of drug-likeness (QED) is 0.736. The topological polar surface area (TPSA) is 43.2 Å². The van der Waals surface area contributed by atoms with Gasteiger partial charge in [-0.25, -0.2) is 0 Å². The van der Waals surface area contributed by atoms with Gasteiger partial charge in [-0.15, -0.1) is 0 Å². The summed E-state index contributed by atoms with van der Waals surface area (Å²) < 4.78 is 0. The van der Waals surface area contributed by atoms with Crippen LogP contribution in [0.15, 0.2) is 24.5 Å². The largest absolute Gasteiger partial charge is 0.304 e. The lowest BCUT2D eigenvalue weighted by Crippen LogP contribution is -2.45. The Bertz CT molecular complexity index is 362. The first kappa shape index (κ1) is 11.1. The molecule has 2 rings (SSSR count). The van der Waals surface area contributed by atoms with Crippen molar-refractivity contribution in [2.75, 3.05) is 33.2 Å². The second kappa shape index (κ2) is 5.06. The summed E-state index contributed by atoms with van der Waals surface area (Å²) in [6, 6.07) is 6.10. The number of aromatic nitrogens is 1. The number of nitriles is 1. The molecule has 1 saturated heterocycles. The van der Waals surface area contributed by atoms with Crippen LogP contribution in [0.1, 0.15) is 11.6 Å². The number of hydrogen-bond acceptors (Lipinski definition) is 4. The van der Waals surface area contributed by atoms with Crippen molar-refractivity contribution in [3.8, 4) is 6.07 Å². The molecular formula is C12H16N4. The van der Waals surface area contributed by atoms with Crippen LogP contribution < -0.4 is 0 Å². The van der Waals surface area contributed by atoms with Gasteiger partial charge in [0.25, 0.3) is 0 Å². The number of rotatable bonds is 2. The molecule has 0 radical (unpaired) electrons. The molecule has 0 spiro atoms. The molecule has 1 atom stereocenters. The van der Waals surface area contributed by atoms with E-state index in [1.807, 2.05) is 12.1 Å². The van der Waals surface area contributed by atoms with Crippen molar-refractivity contribution in [3.63, 3.8) is 0 Å². The molecule has 0 saturated carbocycles. The fourth-order valence-corrected chi connectivity index (χ4v) is 1.99. The molecule has 2 heterocycles. The maximum atomic E-state index is 9.27. The summed E-state index contributed by atoms with van der Waals surface area (Å²) in [5.74, 6) is 0. The van der Waals surface area contributed by atoms with Crippen LogP contribution in [0.25, 0.3) is 0 Å². The van der Waals surface area contributed by atoms with Crippen LogP contribution in [0.3, 0.4) is 0 Å². The van der Waals surface area contributed by atoms with E-state index in [0.717, 1.165) is 31.7 Å². The van der Waals surface area contributed by atoms with Gasteiger partial charge in [-0.1, -0.05) is 0 Å². The molecule has 0 amide bonds. The van der Waals surface area contributed by atoms with E-state index in [1.165, 1.54) is 0 Å². The maximum Gasteiger partial charge on any atom is 0.124 e. The van der Waals surface area contributed by atoms with Gasteiger partial charge in [0.15, 0.2) is 0 Å². The Morgan fingerprint density at radius 2 is 1.88 bits per heavy atom. The van der Waals surface area contributed by atoms with Gasteiger partial charge in [-0.2, -0.15) is 5.26 Å². The van der Waals surface area contributed by atoms with E-state index in [-0.39, 0.29) is 6.04 Å². The second-order valence-corrected chi connectivity index (χ2v) is 4.15. The third-order valence-corrected chi connectivity index (χ3v) is 3.05. The molecule has 84 valence electrons. The summed E-state index contributed by atoms with van der Waals surface area (Å²) in [6.07, 6.45) is 3.49. The third-order valence-electron chi connectivity index (χ3n) is 3.05. The van der Waals surface area contributed by atoms with E-state index in [4.69, 9.17) is 0 Å². The monoisotopic (exact) mass is 216 g/mol. The lowest BCUT2D eigenvalue weighted by atomic mass is 10.1. The van der Waals surface area contributed by atoms with Gasteiger partial charge in [0, 0.05) is 38.6 Å². The molecule has 1 aliphatic rings. The van der Waals surface area contributed by atoms with Crippen LogP contribution in [0.5, 0.6) is 0 Å². The Kier molecular flexibility index (Phi) is 3.50. The fourth-order valence-electron chi connectivity index (χ4n) is 1.99. The number of piperazine rings is 1. The van der Waals surface area contributed by atoms with E-state index in [1.54, 1.807) is 12.4 Å². The number of likely N-dealkylation sites (N-methyl/N-ethyl adjacent to an activating group) is 1. The molecule has 1 fully saturated rings. The molecule has 4 nitrogen and oxygen atoms in total. The van der Waals surface area contributed by atoms with Crippen LogP contribution in [0, 0.1) is 11.3 Å². The third kappa shape index (κ3) is 2.38. The highest BCUT2D eigenvalue weighted by molar-refractivity contribution is 5.21. The molecule has 1 aromatic rings. The van der Waals surface area contributed by atoms with E-state index >= 15 is 0 Å². The van der Waals surface area contributed by atoms with Crippen molar-refractivity contribution in [2.45, 2.75) is 6.04 Å². The Hall–Kier alpha value is -1.44. The van der Waals surface area contributed by atoms with Gasteiger partial charge in [-0.3, -0.25) is 9.88 Å². The standard InChI is InChI=1S/C12H16N4/c1-15-6-8-16(9-7-15)12(10-13)11-2-4-14-5-3-11/h2-5,12H,6-9H2,1H3. The van der Waals surface area contributed by atoms with Gasteiger partial charge in [0.2, 0.25) is 0 Å². The molecule has 1 unspecified atom stereocenters. The van der Waals surface area contributed by atoms with Crippen molar-refractivity contribution in [1.29, 1.82) is 5.26 Å².